The van der Waals surface area contributed by atoms with Crippen LogP contribution in [0.15, 0.2) is 82.2 Å². The van der Waals surface area contributed by atoms with E-state index in [1.165, 1.54) is 18.0 Å². The van der Waals surface area contributed by atoms with E-state index in [0.29, 0.717) is 11.1 Å². The average Bonchev–Trinajstić information content (AvgIpc) is 3.26. The van der Waals surface area contributed by atoms with Crippen molar-refractivity contribution in [1.29, 1.82) is 0 Å². The molecule has 0 radical (unpaired) electrons. The second-order valence-corrected chi connectivity index (χ2v) is 9.00. The van der Waals surface area contributed by atoms with E-state index in [1.54, 1.807) is 59.5 Å². The van der Waals surface area contributed by atoms with Gasteiger partial charge in [-0.05, 0) is 47.5 Å². The Morgan fingerprint density at radius 2 is 1.75 bits per heavy atom. The third-order valence-electron chi connectivity index (χ3n) is 4.56. The Bertz CT molecular complexity index is 1230. The largest absolute Gasteiger partial charge is 0.465 e. The maximum absolute atomic E-state index is 12.3. The maximum atomic E-state index is 12.3. The molecule has 1 amide bonds. The first-order chi connectivity index (χ1) is 15.6. The summed E-state index contributed by atoms with van der Waals surface area (Å²) in [5.41, 5.74) is 6.37. The zero-order valence-corrected chi connectivity index (χ0v) is 18.8. The van der Waals surface area contributed by atoms with Crippen LogP contribution in [-0.4, -0.2) is 30.2 Å². The lowest BCUT2D eigenvalue weighted by Gasteiger charge is -2.03. The van der Waals surface area contributed by atoms with Crippen LogP contribution < -0.4 is 5.43 Å². The van der Waals surface area contributed by atoms with Crippen molar-refractivity contribution in [3.63, 3.8) is 0 Å². The highest BCUT2D eigenvalue weighted by Gasteiger charge is 2.07. The van der Waals surface area contributed by atoms with Crippen LogP contribution in [0.5, 0.6) is 0 Å². The number of benzene rings is 3. The van der Waals surface area contributed by atoms with E-state index in [2.05, 4.69) is 26.3 Å². The molecule has 0 aliphatic carbocycles. The molecule has 0 spiro atoms. The number of hydrogen-bond acceptors (Lipinski definition) is 7. The molecule has 3 aromatic carbocycles. The summed E-state index contributed by atoms with van der Waals surface area (Å²) in [6, 6.07) is 22.3. The summed E-state index contributed by atoms with van der Waals surface area (Å²) in [6.07, 6.45) is 1.52. The number of hydrazone groups is 1. The van der Waals surface area contributed by atoms with Crippen LogP contribution in [0, 0.1) is 0 Å². The quantitative estimate of drug-likeness (QED) is 0.178. The number of methoxy groups -OCH3 is 1. The van der Waals surface area contributed by atoms with E-state index in [4.69, 9.17) is 0 Å². The van der Waals surface area contributed by atoms with Gasteiger partial charge in [0.25, 0.3) is 5.91 Å². The molecule has 8 heteroatoms. The minimum Gasteiger partial charge on any atom is -0.465 e. The Morgan fingerprint density at radius 1 is 1.03 bits per heavy atom. The first kappa shape index (κ1) is 21.7. The lowest BCUT2D eigenvalue weighted by atomic mass is 10.1. The fourth-order valence-electron chi connectivity index (χ4n) is 2.86. The zero-order valence-electron chi connectivity index (χ0n) is 17.1. The van der Waals surface area contributed by atoms with E-state index in [0.717, 1.165) is 26.7 Å². The van der Waals surface area contributed by atoms with Gasteiger partial charge in [0.15, 0.2) is 4.34 Å². The number of esters is 1. The van der Waals surface area contributed by atoms with Gasteiger partial charge in [-0.1, -0.05) is 48.2 Å². The molecule has 160 valence electrons. The van der Waals surface area contributed by atoms with Crippen LogP contribution >= 0.6 is 23.1 Å². The Balaban J connectivity index is 1.29. The Labute approximate surface area is 193 Å². The fraction of sp³-hybridized carbons (Fsp3) is 0.0833. The van der Waals surface area contributed by atoms with Crippen LogP contribution in [-0.2, 0) is 10.5 Å². The molecule has 0 atom stereocenters. The monoisotopic (exact) mass is 461 g/mol. The third-order valence-corrected chi connectivity index (χ3v) is 6.81. The van der Waals surface area contributed by atoms with Crippen molar-refractivity contribution in [3.8, 4) is 0 Å². The van der Waals surface area contributed by atoms with Crippen LogP contribution in [0.2, 0.25) is 0 Å². The number of fused-ring (bicyclic) bond motifs is 1. The number of hydrogen-bond donors (Lipinski definition) is 1. The minimum atomic E-state index is -0.399. The zero-order chi connectivity index (χ0) is 22.3. The summed E-state index contributed by atoms with van der Waals surface area (Å²) in [4.78, 5) is 28.4. The lowest BCUT2D eigenvalue weighted by molar-refractivity contribution is 0.0600. The normalized spacial score (nSPS) is 11.0. The highest BCUT2D eigenvalue weighted by Crippen LogP contribution is 2.31. The first-order valence-corrected chi connectivity index (χ1v) is 11.5. The van der Waals surface area contributed by atoms with Crippen LogP contribution in [0.3, 0.4) is 0 Å². The van der Waals surface area contributed by atoms with Crippen LogP contribution in [0.1, 0.15) is 31.8 Å². The van der Waals surface area contributed by atoms with Gasteiger partial charge in [0.1, 0.15) is 0 Å². The molecular weight excluding hydrogens is 442 g/mol. The van der Waals surface area contributed by atoms with Crippen molar-refractivity contribution >= 4 is 51.4 Å². The van der Waals surface area contributed by atoms with Crippen molar-refractivity contribution in [1.82, 2.24) is 10.4 Å². The number of carbonyl (C=O) groups is 2. The van der Waals surface area contributed by atoms with E-state index >= 15 is 0 Å². The Morgan fingerprint density at radius 3 is 2.47 bits per heavy atom. The van der Waals surface area contributed by atoms with Gasteiger partial charge < -0.3 is 4.74 Å². The van der Waals surface area contributed by atoms with Gasteiger partial charge in [0.2, 0.25) is 0 Å². The van der Waals surface area contributed by atoms with Gasteiger partial charge in [0, 0.05) is 11.3 Å². The fourth-order valence-corrected chi connectivity index (χ4v) is 4.89. The highest BCUT2D eigenvalue weighted by atomic mass is 32.2. The molecule has 4 aromatic rings. The molecule has 1 N–H and O–H groups in total. The lowest BCUT2D eigenvalue weighted by Crippen LogP contribution is -2.17. The summed E-state index contributed by atoms with van der Waals surface area (Å²) in [6.45, 7) is 0. The number of amides is 1. The van der Waals surface area contributed by atoms with Crippen molar-refractivity contribution in [2.24, 2.45) is 5.10 Å². The van der Waals surface area contributed by atoms with Crippen LogP contribution in [0.4, 0.5) is 0 Å². The number of thiazole rings is 1. The minimum absolute atomic E-state index is 0.294. The molecule has 0 fully saturated rings. The van der Waals surface area contributed by atoms with E-state index in [9.17, 15) is 9.59 Å². The van der Waals surface area contributed by atoms with Crippen molar-refractivity contribution in [2.75, 3.05) is 7.11 Å². The average molecular weight is 462 g/mol. The Kier molecular flexibility index (Phi) is 6.94. The molecule has 0 saturated carbocycles. The smallest absolute Gasteiger partial charge is 0.337 e. The maximum Gasteiger partial charge on any atom is 0.337 e. The SMILES string of the molecule is COC(=O)c1ccc(C=NNC(=O)c2ccc(CSc3nc4ccccc4s3)cc2)cc1. The second kappa shape index (κ2) is 10.2. The summed E-state index contributed by atoms with van der Waals surface area (Å²) >= 11 is 3.37. The molecule has 1 aromatic heterocycles. The molecule has 0 saturated heterocycles. The van der Waals surface area contributed by atoms with Gasteiger partial charge in [-0.15, -0.1) is 11.3 Å². The highest BCUT2D eigenvalue weighted by molar-refractivity contribution is 8.00. The molecule has 32 heavy (non-hydrogen) atoms. The number of nitrogens with zero attached hydrogens (tertiary/aromatic N) is 2. The number of thioether (sulfide) groups is 1. The van der Waals surface area contributed by atoms with Crippen molar-refractivity contribution < 1.29 is 14.3 Å². The molecule has 0 bridgehead atoms. The third kappa shape index (κ3) is 5.40. The van der Waals surface area contributed by atoms with E-state index in [1.807, 2.05) is 30.3 Å². The van der Waals surface area contributed by atoms with Gasteiger partial charge in [-0.2, -0.15) is 5.10 Å². The standard InChI is InChI=1S/C24H19N3O3S2/c1-30-23(29)19-12-6-16(7-13-19)14-25-27-22(28)18-10-8-17(9-11-18)15-31-24-26-20-4-2-3-5-21(20)32-24/h2-14H,15H2,1H3,(H,27,28). The first-order valence-electron chi connectivity index (χ1n) is 9.71. The van der Waals surface area contributed by atoms with Crippen molar-refractivity contribution in [3.05, 3.63) is 95.1 Å². The van der Waals surface area contributed by atoms with Gasteiger partial charge >= 0.3 is 5.97 Å². The molecular formula is C24H19N3O3S2. The molecule has 4 rings (SSSR count). The summed E-state index contributed by atoms with van der Waals surface area (Å²) in [5, 5.41) is 3.98. The summed E-state index contributed by atoms with van der Waals surface area (Å²) < 4.78 is 6.87. The number of ether oxygens (including phenoxy) is 1. The number of para-hydroxylation sites is 1. The number of nitrogens with one attached hydrogen (secondary N) is 1. The molecule has 0 aliphatic rings. The summed E-state index contributed by atoms with van der Waals surface area (Å²) in [7, 11) is 1.33. The van der Waals surface area contributed by atoms with Gasteiger partial charge in [-0.25, -0.2) is 15.2 Å². The number of rotatable bonds is 7. The molecule has 1 heterocycles. The molecule has 6 nitrogen and oxygen atoms in total. The topological polar surface area (TPSA) is 80.6 Å². The van der Waals surface area contributed by atoms with Crippen LogP contribution in [0.25, 0.3) is 10.2 Å². The predicted octanol–water partition coefficient (Wildman–Crippen LogP) is 5.14. The van der Waals surface area contributed by atoms with E-state index in [-0.39, 0.29) is 5.91 Å². The van der Waals surface area contributed by atoms with Crippen molar-refractivity contribution in [2.45, 2.75) is 10.1 Å². The van der Waals surface area contributed by atoms with E-state index < -0.39 is 5.97 Å². The van der Waals surface area contributed by atoms with Gasteiger partial charge in [-0.3, -0.25) is 4.79 Å². The predicted molar refractivity (Wildman–Crippen MR) is 128 cm³/mol. The number of carbonyl (C=O) groups excluding carboxylic acids is 2. The molecule has 0 unspecified atom stereocenters. The molecule has 0 aliphatic heterocycles. The Hall–Kier alpha value is -3.49. The number of aromatic nitrogens is 1. The second-order valence-electron chi connectivity index (χ2n) is 6.75. The van der Waals surface area contributed by atoms with Gasteiger partial charge in [0.05, 0.1) is 29.1 Å². The summed E-state index contributed by atoms with van der Waals surface area (Å²) in [5.74, 6) is 0.0862.